The zero-order valence-corrected chi connectivity index (χ0v) is 28.4. The van der Waals surface area contributed by atoms with Gasteiger partial charge in [0.2, 0.25) is 0 Å². The van der Waals surface area contributed by atoms with Crippen LogP contribution in [0, 0.1) is 45.3 Å². The Morgan fingerprint density at radius 1 is 1.00 bits per heavy atom. The van der Waals surface area contributed by atoms with Crippen LogP contribution in [-0.2, 0) is 23.7 Å². The Kier molecular flexibility index (Phi) is 8.40. The number of hydrogen-bond acceptors (Lipinski definition) is 7. The Morgan fingerprint density at radius 3 is 2.42 bits per heavy atom. The van der Waals surface area contributed by atoms with E-state index in [0.29, 0.717) is 28.1 Å². The maximum Gasteiger partial charge on any atom is 0.303 e. The molecule has 7 aliphatic rings. The van der Waals surface area contributed by atoms with E-state index in [9.17, 15) is 9.90 Å². The van der Waals surface area contributed by atoms with Crippen molar-refractivity contribution in [2.45, 2.75) is 156 Å². The second-order valence-corrected chi connectivity index (χ2v) is 16.6. The van der Waals surface area contributed by atoms with Gasteiger partial charge in [0.05, 0.1) is 30.5 Å². The third kappa shape index (κ3) is 4.96. The van der Waals surface area contributed by atoms with Gasteiger partial charge in [-0.15, -0.1) is 0 Å². The Labute approximate surface area is 262 Å². The highest BCUT2D eigenvalue weighted by atomic mass is 16.7. The molecule has 0 radical (unpaired) electrons. The molecule has 7 fully saturated rings. The highest BCUT2D eigenvalue weighted by Gasteiger charge is 2.80. The average Bonchev–Trinajstić information content (AvgIpc) is 3.54. The van der Waals surface area contributed by atoms with E-state index in [2.05, 4.69) is 26.1 Å². The predicted molar refractivity (Wildman–Crippen MR) is 168 cm³/mol. The lowest BCUT2D eigenvalue weighted by Gasteiger charge is -2.60. The number of carbonyl (C=O) groups is 1. The fraction of sp³-hybridized carbons (Fsp3) is 0.972. The second kappa shape index (κ2) is 11.2. The zero-order valence-electron chi connectivity index (χ0n) is 28.4. The van der Waals surface area contributed by atoms with Crippen molar-refractivity contribution in [1.29, 1.82) is 0 Å². The molecule has 248 valence electrons. The average molecular weight is 606 g/mol. The summed E-state index contributed by atoms with van der Waals surface area (Å²) < 4.78 is 25.1. The monoisotopic (exact) mass is 605 g/mol. The van der Waals surface area contributed by atoms with E-state index in [4.69, 9.17) is 18.9 Å². The van der Waals surface area contributed by atoms with Crippen LogP contribution in [0.1, 0.15) is 121 Å². The van der Waals surface area contributed by atoms with Crippen LogP contribution in [0.25, 0.3) is 0 Å². The summed E-state index contributed by atoms with van der Waals surface area (Å²) in [6, 6.07) is 0. The molecule has 0 amide bonds. The summed E-state index contributed by atoms with van der Waals surface area (Å²) in [7, 11) is 0. The Bertz CT molecular complexity index is 1040. The first-order chi connectivity index (χ1) is 20.3. The van der Waals surface area contributed by atoms with Crippen molar-refractivity contribution >= 4 is 5.97 Å². The normalized spacial score (nSPS) is 48.6. The van der Waals surface area contributed by atoms with Gasteiger partial charge >= 0.3 is 5.97 Å². The summed E-state index contributed by atoms with van der Waals surface area (Å²) in [6.45, 7) is 19.0. The van der Waals surface area contributed by atoms with Gasteiger partial charge < -0.3 is 29.4 Å². The number of esters is 1. The molecule has 5 saturated carbocycles. The minimum Gasteiger partial charge on any atom is -0.457 e. The van der Waals surface area contributed by atoms with Crippen molar-refractivity contribution in [1.82, 2.24) is 5.32 Å². The van der Waals surface area contributed by atoms with Crippen LogP contribution < -0.4 is 5.32 Å². The van der Waals surface area contributed by atoms with Gasteiger partial charge in [-0.1, -0.05) is 34.6 Å². The van der Waals surface area contributed by atoms with E-state index in [1.54, 1.807) is 13.8 Å². The second-order valence-electron chi connectivity index (χ2n) is 16.6. The molecule has 0 aromatic heterocycles. The molecule has 2 aliphatic heterocycles. The number of hydrogen-bond donors (Lipinski definition) is 2. The van der Waals surface area contributed by atoms with Crippen molar-refractivity contribution in [2.75, 3.05) is 19.7 Å². The van der Waals surface area contributed by atoms with Crippen LogP contribution in [0.4, 0.5) is 0 Å². The molecule has 5 aliphatic carbocycles. The van der Waals surface area contributed by atoms with E-state index < -0.39 is 11.7 Å². The quantitative estimate of drug-likeness (QED) is 0.346. The first kappa shape index (κ1) is 32.2. The molecule has 0 aromatic rings. The summed E-state index contributed by atoms with van der Waals surface area (Å²) in [6.07, 6.45) is 11.8. The van der Waals surface area contributed by atoms with Crippen LogP contribution in [0.15, 0.2) is 0 Å². The molecular formula is C36H63NO6. The molecule has 2 heterocycles. The number of ether oxygens (including phenoxy) is 4. The van der Waals surface area contributed by atoms with E-state index in [-0.39, 0.29) is 37.4 Å². The van der Waals surface area contributed by atoms with Crippen molar-refractivity contribution in [3.05, 3.63) is 0 Å². The molecule has 7 rings (SSSR count). The van der Waals surface area contributed by atoms with Gasteiger partial charge in [-0.2, -0.15) is 0 Å². The first-order valence-corrected chi connectivity index (χ1v) is 17.8. The van der Waals surface area contributed by atoms with Crippen molar-refractivity contribution < 1.29 is 30.3 Å². The third-order valence-corrected chi connectivity index (χ3v) is 14.1. The van der Waals surface area contributed by atoms with E-state index in [0.717, 1.165) is 57.2 Å². The molecule has 0 bridgehead atoms. The molecular weight excluding hydrogens is 542 g/mol. The minimum absolute atomic E-state index is 0. The van der Waals surface area contributed by atoms with Gasteiger partial charge in [-0.3, -0.25) is 4.79 Å². The minimum atomic E-state index is -1.13. The summed E-state index contributed by atoms with van der Waals surface area (Å²) in [5, 5.41) is 14.3. The van der Waals surface area contributed by atoms with E-state index in [1.165, 1.54) is 45.4 Å². The molecule has 0 aromatic carbocycles. The van der Waals surface area contributed by atoms with Crippen LogP contribution in [-0.4, -0.2) is 67.1 Å². The zero-order chi connectivity index (χ0) is 31.0. The number of rotatable bonds is 5. The first-order valence-electron chi connectivity index (χ1n) is 17.8. The summed E-state index contributed by atoms with van der Waals surface area (Å²) in [4.78, 5) is 11.9. The highest BCUT2D eigenvalue weighted by Crippen LogP contribution is 2.87. The molecule has 2 spiro atoms. The van der Waals surface area contributed by atoms with Crippen molar-refractivity contribution in [3.8, 4) is 0 Å². The number of morpholine rings is 1. The third-order valence-electron chi connectivity index (χ3n) is 14.1. The Hall–Kier alpha value is -0.730. The maximum atomic E-state index is 11.9. The van der Waals surface area contributed by atoms with Crippen molar-refractivity contribution in [3.63, 3.8) is 0 Å². The largest absolute Gasteiger partial charge is 0.457 e. The topological polar surface area (TPSA) is 86.3 Å². The van der Waals surface area contributed by atoms with Gasteiger partial charge in [0.25, 0.3) is 0 Å². The fourth-order valence-electron chi connectivity index (χ4n) is 12.4. The molecule has 7 nitrogen and oxygen atoms in total. The van der Waals surface area contributed by atoms with Crippen LogP contribution >= 0.6 is 0 Å². The predicted octanol–water partition coefficient (Wildman–Crippen LogP) is 6.50. The Morgan fingerprint density at radius 2 is 1.74 bits per heavy atom. The summed E-state index contributed by atoms with van der Waals surface area (Å²) in [5.74, 6) is 2.45. The van der Waals surface area contributed by atoms with Gasteiger partial charge in [-0.25, -0.2) is 0 Å². The van der Waals surface area contributed by atoms with E-state index >= 15 is 0 Å². The smallest absolute Gasteiger partial charge is 0.303 e. The molecule has 2 N–H and O–H groups in total. The van der Waals surface area contributed by atoms with Crippen molar-refractivity contribution in [2.24, 2.45) is 45.3 Å². The number of aliphatic hydroxyl groups is 1. The van der Waals surface area contributed by atoms with Crippen LogP contribution in [0.5, 0.6) is 0 Å². The highest BCUT2D eigenvalue weighted by molar-refractivity contribution is 5.66. The molecule has 43 heavy (non-hydrogen) atoms. The molecule has 12 atom stereocenters. The molecule has 7 heteroatoms. The lowest BCUT2D eigenvalue weighted by molar-refractivity contribution is -0.232. The standard InChI is InChI=1S/C34H55NO6.C2H6.H2/c1-20(36)39-29(31(4,5)37)24-9-7-22-25(40-24)17-23-21-8-10-26-30(2,3)27(41-28-18-35-15-16-38-28)11-12-34(26)19-33(21,34)14-13-32(22,23)6;1-2;/h21-29,35,37H,7-19H2,1-6H3;1-2H3;1H/t21?,22?,23?,24?,25?,26?,27-,28?,29-,32?,33-,34?;;/m0../s1. The fourth-order valence-corrected chi connectivity index (χ4v) is 12.4. The van der Waals surface area contributed by atoms with E-state index in [1.807, 2.05) is 13.8 Å². The maximum absolute atomic E-state index is 11.9. The lowest BCUT2D eigenvalue weighted by atomic mass is 9.46. The molecule has 2 saturated heterocycles. The number of fused-ring (bicyclic) bond motifs is 4. The van der Waals surface area contributed by atoms with Crippen LogP contribution in [0.3, 0.4) is 0 Å². The number of carbonyl (C=O) groups excluding carboxylic acids is 1. The van der Waals surface area contributed by atoms with Gasteiger partial charge in [0.1, 0.15) is 0 Å². The lowest BCUT2D eigenvalue weighted by Crippen LogP contribution is -2.56. The summed E-state index contributed by atoms with van der Waals surface area (Å²) in [5.41, 5.74) is 0.360. The summed E-state index contributed by atoms with van der Waals surface area (Å²) >= 11 is 0. The Balaban J connectivity index is 0.00000126. The number of nitrogens with one attached hydrogen (secondary N) is 1. The van der Waals surface area contributed by atoms with Gasteiger partial charge in [0, 0.05) is 21.4 Å². The van der Waals surface area contributed by atoms with Gasteiger partial charge in [0.15, 0.2) is 12.4 Å². The van der Waals surface area contributed by atoms with Crippen LogP contribution in [0.2, 0.25) is 0 Å². The molecule has 9 unspecified atom stereocenters. The van der Waals surface area contributed by atoms with Gasteiger partial charge in [-0.05, 0) is 123 Å². The SMILES string of the molecule is CC.CC(=O)O[C@@H](C1CCC2C(CC3C4CCC5C(C)(C)[C@@H](OC6CNCCO6)CCC56C[C@@]46CCC23C)O1)C(C)(C)O.[HH].